The molecule has 7 nitrogen and oxygen atoms in total. The van der Waals surface area contributed by atoms with E-state index in [1.807, 2.05) is 0 Å². The molecular formula is C27H45NO6. The number of carbonyl (C=O) groups is 2. The van der Waals surface area contributed by atoms with Gasteiger partial charge in [0.1, 0.15) is 0 Å². The first-order chi connectivity index (χ1) is 16.6. The molecule has 0 bridgehead atoms. The second-order valence-electron chi connectivity index (χ2n) is 9.26. The van der Waals surface area contributed by atoms with Crippen LogP contribution in [0.2, 0.25) is 0 Å². The largest absolute Gasteiger partial charge is 0.465 e. The number of amides is 1. The second-order valence-corrected chi connectivity index (χ2v) is 9.26. The molecule has 194 valence electrons. The van der Waals surface area contributed by atoms with Crippen LogP contribution in [0.1, 0.15) is 121 Å². The van der Waals surface area contributed by atoms with Crippen LogP contribution >= 0.6 is 0 Å². The molecule has 1 aliphatic heterocycles. The molecule has 1 amide bonds. The maximum atomic E-state index is 12.2. The first kappa shape index (κ1) is 28.1. The van der Waals surface area contributed by atoms with Gasteiger partial charge in [-0.1, -0.05) is 77.6 Å². The Morgan fingerprint density at radius 1 is 0.853 bits per heavy atom. The van der Waals surface area contributed by atoms with Crippen LogP contribution in [-0.2, 0) is 9.47 Å². The highest BCUT2D eigenvalue weighted by molar-refractivity contribution is 5.86. The van der Waals surface area contributed by atoms with Gasteiger partial charge in [0.05, 0.1) is 6.61 Å². The molecule has 0 N–H and O–H groups in total. The van der Waals surface area contributed by atoms with E-state index in [-0.39, 0.29) is 5.76 Å². The molecule has 1 aromatic heterocycles. The molecule has 0 radical (unpaired) electrons. The minimum absolute atomic E-state index is 0.0329. The van der Waals surface area contributed by atoms with Gasteiger partial charge in [-0.15, -0.1) is 0 Å². The van der Waals surface area contributed by atoms with Crippen molar-refractivity contribution in [3.63, 3.8) is 0 Å². The van der Waals surface area contributed by atoms with Crippen molar-refractivity contribution in [2.24, 2.45) is 0 Å². The van der Waals surface area contributed by atoms with Crippen LogP contribution in [0.4, 0.5) is 4.79 Å². The van der Waals surface area contributed by atoms with Gasteiger partial charge in [0.2, 0.25) is 12.1 Å². The van der Waals surface area contributed by atoms with Gasteiger partial charge in [-0.3, -0.25) is 0 Å². The summed E-state index contributed by atoms with van der Waals surface area (Å²) in [6.45, 7) is 5.69. The monoisotopic (exact) mass is 479 g/mol. The van der Waals surface area contributed by atoms with E-state index in [0.717, 1.165) is 32.1 Å². The Bertz CT molecular complexity index is 682. The molecule has 0 spiro atoms. The van der Waals surface area contributed by atoms with E-state index >= 15 is 0 Å². The van der Waals surface area contributed by atoms with E-state index in [9.17, 15) is 9.59 Å². The predicted molar refractivity (Wildman–Crippen MR) is 132 cm³/mol. The third-order valence-electron chi connectivity index (χ3n) is 6.18. The highest BCUT2D eigenvalue weighted by Gasteiger charge is 2.23. The molecule has 0 aliphatic carbocycles. The molecule has 1 fully saturated rings. The molecule has 1 unspecified atom stereocenters. The third kappa shape index (κ3) is 11.8. The molecule has 1 atom stereocenters. The lowest BCUT2D eigenvalue weighted by molar-refractivity contribution is -0.0718. The number of furan rings is 1. The summed E-state index contributed by atoms with van der Waals surface area (Å²) >= 11 is 0. The van der Waals surface area contributed by atoms with Crippen molar-refractivity contribution in [2.45, 2.75) is 116 Å². The summed E-state index contributed by atoms with van der Waals surface area (Å²) in [6.07, 6.45) is 17.1. The summed E-state index contributed by atoms with van der Waals surface area (Å²) in [5, 5.41) is 0. The number of likely N-dealkylation sites (tertiary alicyclic amines) is 1. The summed E-state index contributed by atoms with van der Waals surface area (Å²) in [5.41, 5.74) is 0. The van der Waals surface area contributed by atoms with Crippen LogP contribution in [-0.4, -0.2) is 42.9 Å². The molecule has 34 heavy (non-hydrogen) atoms. The molecule has 2 heterocycles. The number of hydrogen-bond donors (Lipinski definition) is 0. The normalized spacial score (nSPS) is 14.6. The highest BCUT2D eigenvalue weighted by Crippen LogP contribution is 2.19. The van der Waals surface area contributed by atoms with Crippen LogP contribution in [0.3, 0.4) is 0 Å². The Morgan fingerprint density at radius 2 is 1.44 bits per heavy atom. The Hall–Kier alpha value is -2.18. The van der Waals surface area contributed by atoms with Crippen molar-refractivity contribution in [2.75, 3.05) is 19.7 Å². The fourth-order valence-corrected chi connectivity index (χ4v) is 4.15. The van der Waals surface area contributed by atoms with E-state index in [4.69, 9.17) is 18.6 Å². The number of hydrogen-bond acceptors (Lipinski definition) is 6. The first-order valence-corrected chi connectivity index (χ1v) is 13.5. The average Bonchev–Trinajstić information content (AvgIpc) is 3.31. The zero-order chi connectivity index (χ0) is 24.4. The predicted octanol–water partition coefficient (Wildman–Crippen LogP) is 7.48. The molecule has 1 saturated heterocycles. The topological polar surface area (TPSA) is 78.2 Å². The number of ether oxygens (including phenoxy) is 3. The third-order valence-corrected chi connectivity index (χ3v) is 6.18. The smallest absolute Gasteiger partial charge is 0.412 e. The van der Waals surface area contributed by atoms with Gasteiger partial charge in [0.25, 0.3) is 5.95 Å². The molecule has 1 aromatic rings. The number of carbonyl (C=O) groups excluding carboxylic acids is 2. The minimum atomic E-state index is -0.988. The van der Waals surface area contributed by atoms with Crippen molar-refractivity contribution in [1.29, 1.82) is 0 Å². The van der Waals surface area contributed by atoms with Crippen molar-refractivity contribution in [3.05, 3.63) is 17.9 Å². The molecule has 0 saturated carbocycles. The van der Waals surface area contributed by atoms with Gasteiger partial charge >= 0.3 is 12.1 Å². The standard InChI is InChI=1S/C27H45NO6/c1-3-4-5-6-7-8-9-10-11-12-13-17-22-31-25-19-18-24(34-25)26(29)32-23(2)33-27(30)28-20-15-14-16-21-28/h18-19,23H,3-17,20-22H2,1-2H3. The zero-order valence-electron chi connectivity index (χ0n) is 21.4. The van der Waals surface area contributed by atoms with Gasteiger partial charge in [0.15, 0.2) is 0 Å². The van der Waals surface area contributed by atoms with Gasteiger partial charge in [-0.25, -0.2) is 9.59 Å². The number of piperidine rings is 1. The summed E-state index contributed by atoms with van der Waals surface area (Å²) in [5.74, 6) is -0.349. The van der Waals surface area contributed by atoms with E-state index < -0.39 is 18.4 Å². The lowest BCUT2D eigenvalue weighted by atomic mass is 10.1. The maximum absolute atomic E-state index is 12.2. The average molecular weight is 480 g/mol. The maximum Gasteiger partial charge on any atom is 0.412 e. The number of unbranched alkanes of at least 4 members (excludes halogenated alkanes) is 11. The van der Waals surface area contributed by atoms with Crippen molar-refractivity contribution < 1.29 is 28.2 Å². The quantitative estimate of drug-likeness (QED) is 0.131. The second kappa shape index (κ2) is 17.3. The van der Waals surface area contributed by atoms with Crippen LogP contribution < -0.4 is 4.74 Å². The summed E-state index contributed by atoms with van der Waals surface area (Å²) in [4.78, 5) is 26.0. The van der Waals surface area contributed by atoms with E-state index in [1.165, 1.54) is 77.2 Å². The van der Waals surface area contributed by atoms with Crippen LogP contribution in [0.15, 0.2) is 16.5 Å². The fourth-order valence-electron chi connectivity index (χ4n) is 4.15. The molecule has 2 rings (SSSR count). The molecule has 7 heteroatoms. The Balaban J connectivity index is 1.49. The highest BCUT2D eigenvalue weighted by atomic mass is 16.7. The van der Waals surface area contributed by atoms with E-state index in [0.29, 0.717) is 25.6 Å². The molecule has 0 aromatic carbocycles. The summed E-state index contributed by atoms with van der Waals surface area (Å²) in [7, 11) is 0. The first-order valence-electron chi connectivity index (χ1n) is 13.5. The molecular weight excluding hydrogens is 434 g/mol. The van der Waals surface area contributed by atoms with Gasteiger partial charge in [0, 0.05) is 26.1 Å². The minimum Gasteiger partial charge on any atom is -0.465 e. The van der Waals surface area contributed by atoms with Crippen molar-refractivity contribution >= 4 is 12.1 Å². The Morgan fingerprint density at radius 3 is 2.06 bits per heavy atom. The summed E-state index contributed by atoms with van der Waals surface area (Å²) < 4.78 is 21.4. The zero-order valence-corrected chi connectivity index (χ0v) is 21.4. The fraction of sp³-hybridized carbons (Fsp3) is 0.778. The van der Waals surface area contributed by atoms with Crippen LogP contribution in [0, 0.1) is 0 Å². The number of rotatable bonds is 17. The molecule has 1 aliphatic rings. The summed E-state index contributed by atoms with van der Waals surface area (Å²) in [6, 6.07) is 3.13. The lowest BCUT2D eigenvalue weighted by Crippen LogP contribution is -2.38. The van der Waals surface area contributed by atoms with Crippen molar-refractivity contribution in [1.82, 2.24) is 4.90 Å². The Labute approximate surface area is 205 Å². The van der Waals surface area contributed by atoms with Gasteiger partial charge in [-0.05, 0) is 31.7 Å². The van der Waals surface area contributed by atoms with Crippen LogP contribution in [0.25, 0.3) is 0 Å². The Kier molecular flexibility index (Phi) is 14.3. The number of nitrogens with zero attached hydrogens (tertiary/aromatic N) is 1. The van der Waals surface area contributed by atoms with E-state index in [1.54, 1.807) is 11.0 Å². The van der Waals surface area contributed by atoms with E-state index in [2.05, 4.69) is 6.92 Å². The lowest BCUT2D eigenvalue weighted by Gasteiger charge is -2.27. The van der Waals surface area contributed by atoms with Crippen LogP contribution in [0.5, 0.6) is 5.95 Å². The van der Waals surface area contributed by atoms with Gasteiger partial charge < -0.3 is 23.5 Å². The van der Waals surface area contributed by atoms with Gasteiger partial charge in [-0.2, -0.15) is 0 Å². The number of esters is 1. The van der Waals surface area contributed by atoms with Crippen molar-refractivity contribution in [3.8, 4) is 5.95 Å². The SMILES string of the molecule is CCCCCCCCCCCCCCOc1ccc(C(=O)OC(C)OC(=O)N2CCCCC2)o1.